The second-order valence-corrected chi connectivity index (χ2v) is 8.60. The van der Waals surface area contributed by atoms with E-state index in [1.807, 2.05) is 43.9 Å². The van der Waals surface area contributed by atoms with Gasteiger partial charge in [0.05, 0.1) is 0 Å². The van der Waals surface area contributed by atoms with Crippen molar-refractivity contribution in [2.75, 3.05) is 0 Å². The lowest BCUT2D eigenvalue weighted by Gasteiger charge is -2.29. The average molecular weight is 257 g/mol. The Labute approximate surface area is 110 Å². The molecule has 1 saturated carbocycles. The molecular formula is C15H17O2Si. The molecule has 3 heteroatoms. The van der Waals surface area contributed by atoms with Gasteiger partial charge in [0, 0.05) is 5.92 Å². The normalized spacial score (nSPS) is 18.8. The van der Waals surface area contributed by atoms with Gasteiger partial charge in [0.15, 0.2) is 0 Å². The molecule has 2 rings (SSSR count). The second kappa shape index (κ2) is 5.80. The molecule has 93 valence electrons. The Morgan fingerprint density at radius 1 is 1.11 bits per heavy atom. The van der Waals surface area contributed by atoms with Gasteiger partial charge in [0.1, 0.15) is 12.4 Å². The van der Waals surface area contributed by atoms with Crippen LogP contribution in [0, 0.1) is 31.6 Å². The fourth-order valence-corrected chi connectivity index (χ4v) is 3.94. The fourth-order valence-electron chi connectivity index (χ4n) is 1.98. The van der Waals surface area contributed by atoms with Crippen molar-refractivity contribution in [1.29, 1.82) is 0 Å². The molecule has 0 aromatic heterocycles. The van der Waals surface area contributed by atoms with Crippen LogP contribution in [0.25, 0.3) is 0 Å². The summed E-state index contributed by atoms with van der Waals surface area (Å²) in [5, 5.41) is 1.20. The first kappa shape index (κ1) is 13.5. The van der Waals surface area contributed by atoms with Crippen molar-refractivity contribution in [2.45, 2.75) is 19.2 Å². The monoisotopic (exact) mass is 257 g/mol. The quantitative estimate of drug-likeness (QED) is 0.596. The fraction of sp³-hybridized carbons (Fsp3) is 0.200. The summed E-state index contributed by atoms with van der Waals surface area (Å²) in [4.78, 5) is 11.2. The maximum absolute atomic E-state index is 11.2. The lowest BCUT2D eigenvalue weighted by atomic mass is 10.0. The highest BCUT2D eigenvalue weighted by atomic mass is 28.4. The van der Waals surface area contributed by atoms with Crippen molar-refractivity contribution in [3.63, 3.8) is 0 Å². The summed E-state index contributed by atoms with van der Waals surface area (Å²) in [6.07, 6.45) is 8.12. The van der Waals surface area contributed by atoms with E-state index in [0.29, 0.717) is 0 Å². The van der Waals surface area contributed by atoms with Crippen molar-refractivity contribution in [3.8, 4) is 0 Å². The van der Waals surface area contributed by atoms with E-state index in [9.17, 15) is 4.79 Å². The summed E-state index contributed by atoms with van der Waals surface area (Å²) >= 11 is 0. The number of carbonyl (C=O) groups is 1. The van der Waals surface area contributed by atoms with Crippen LogP contribution in [0.15, 0.2) is 30.3 Å². The molecule has 0 bridgehead atoms. The van der Waals surface area contributed by atoms with Crippen LogP contribution in [0.3, 0.4) is 0 Å². The summed E-state index contributed by atoms with van der Waals surface area (Å²) in [5.41, 5.74) is 0. The first-order valence-electron chi connectivity index (χ1n) is 6.04. The highest BCUT2D eigenvalue weighted by molar-refractivity contribution is 6.84. The van der Waals surface area contributed by atoms with Gasteiger partial charge in [-0.3, -0.25) is 0 Å². The molecule has 0 aliphatic heterocycles. The third-order valence-corrected chi connectivity index (χ3v) is 5.60. The summed E-state index contributed by atoms with van der Waals surface area (Å²) in [5.74, 6) is 0.932. The Hall–Kier alpha value is -0.933. The third kappa shape index (κ3) is 3.09. The summed E-state index contributed by atoms with van der Waals surface area (Å²) in [6.45, 7) is 4.23. The molecule has 1 fully saturated rings. The molecule has 1 aromatic rings. The predicted octanol–water partition coefficient (Wildman–Crippen LogP) is 2.09. The number of hydrogen-bond donors (Lipinski definition) is 0. The minimum atomic E-state index is -2.05. The van der Waals surface area contributed by atoms with Gasteiger partial charge in [0.25, 0.3) is 0 Å². The number of carbonyl (C=O) groups excluding carboxylic acids is 1. The zero-order valence-corrected chi connectivity index (χ0v) is 11.7. The lowest BCUT2D eigenvalue weighted by molar-refractivity contribution is -0.113. The minimum absolute atomic E-state index is 0.457. The van der Waals surface area contributed by atoms with Crippen molar-refractivity contribution < 1.29 is 9.22 Å². The van der Waals surface area contributed by atoms with Gasteiger partial charge in [-0.05, 0) is 44.0 Å². The van der Waals surface area contributed by atoms with E-state index in [4.69, 9.17) is 4.43 Å². The molecule has 5 radical (unpaired) electrons. The second-order valence-electron chi connectivity index (χ2n) is 4.77. The van der Waals surface area contributed by atoms with Gasteiger partial charge in [-0.2, -0.15) is 0 Å². The standard InChI is InChI=1S/C15H17O2Si/c1-18(2,14-10-4-3-5-11-14)17-15(12-16)13-8-6-7-9-13/h3-12,15H,1-2H3. The highest BCUT2D eigenvalue weighted by Crippen LogP contribution is 2.28. The lowest BCUT2D eigenvalue weighted by Crippen LogP contribution is -2.48. The molecule has 0 amide bonds. The van der Waals surface area contributed by atoms with Crippen LogP contribution in [-0.4, -0.2) is 20.7 Å². The van der Waals surface area contributed by atoms with Crippen LogP contribution < -0.4 is 5.19 Å². The first-order valence-corrected chi connectivity index (χ1v) is 8.94. The Kier molecular flexibility index (Phi) is 4.35. The summed E-state index contributed by atoms with van der Waals surface area (Å²) in [6, 6.07) is 10.1. The molecule has 0 heterocycles. The molecule has 0 saturated heterocycles. The van der Waals surface area contributed by atoms with Gasteiger partial charge < -0.3 is 9.22 Å². The molecular weight excluding hydrogens is 240 g/mol. The maximum atomic E-state index is 11.2. The Bertz CT molecular complexity index is 383. The molecule has 1 unspecified atom stereocenters. The zero-order chi connectivity index (χ0) is 13.0. The summed E-state index contributed by atoms with van der Waals surface area (Å²) < 4.78 is 6.09. The number of rotatable bonds is 5. The van der Waals surface area contributed by atoms with Crippen LogP contribution in [-0.2, 0) is 9.22 Å². The van der Waals surface area contributed by atoms with E-state index < -0.39 is 14.4 Å². The van der Waals surface area contributed by atoms with Gasteiger partial charge in [0.2, 0.25) is 8.32 Å². The van der Waals surface area contributed by atoms with E-state index in [1.54, 1.807) is 0 Å². The highest BCUT2D eigenvalue weighted by Gasteiger charge is 2.34. The largest absolute Gasteiger partial charge is 0.403 e. The van der Waals surface area contributed by atoms with E-state index in [-0.39, 0.29) is 0 Å². The van der Waals surface area contributed by atoms with Crippen LogP contribution in [0.2, 0.25) is 13.1 Å². The predicted molar refractivity (Wildman–Crippen MR) is 74.9 cm³/mol. The smallest absolute Gasteiger partial charge is 0.219 e. The Morgan fingerprint density at radius 3 is 2.28 bits per heavy atom. The molecule has 18 heavy (non-hydrogen) atoms. The topological polar surface area (TPSA) is 26.3 Å². The van der Waals surface area contributed by atoms with E-state index >= 15 is 0 Å². The van der Waals surface area contributed by atoms with Gasteiger partial charge >= 0.3 is 0 Å². The molecule has 1 atom stereocenters. The van der Waals surface area contributed by atoms with Crippen molar-refractivity contribution in [1.82, 2.24) is 0 Å². The van der Waals surface area contributed by atoms with Crippen molar-refractivity contribution in [3.05, 3.63) is 61.9 Å². The van der Waals surface area contributed by atoms with Crippen molar-refractivity contribution in [2.24, 2.45) is 0 Å². The summed E-state index contributed by atoms with van der Waals surface area (Å²) in [7, 11) is -2.05. The molecule has 0 spiro atoms. The Morgan fingerprint density at radius 2 is 1.72 bits per heavy atom. The molecule has 1 aromatic carbocycles. The van der Waals surface area contributed by atoms with Gasteiger partial charge in [-0.15, -0.1) is 0 Å². The zero-order valence-electron chi connectivity index (χ0n) is 10.7. The van der Waals surface area contributed by atoms with Crippen LogP contribution in [0.5, 0.6) is 0 Å². The van der Waals surface area contributed by atoms with E-state index in [0.717, 1.165) is 12.2 Å². The van der Waals surface area contributed by atoms with Crippen LogP contribution >= 0.6 is 0 Å². The number of aldehydes is 1. The van der Waals surface area contributed by atoms with Crippen molar-refractivity contribution >= 4 is 19.8 Å². The van der Waals surface area contributed by atoms with E-state index in [2.05, 4.69) is 25.2 Å². The molecule has 1 aliphatic carbocycles. The van der Waals surface area contributed by atoms with Gasteiger partial charge in [-0.1, -0.05) is 30.3 Å². The third-order valence-electron chi connectivity index (χ3n) is 3.03. The van der Waals surface area contributed by atoms with Crippen LogP contribution in [0.1, 0.15) is 0 Å². The average Bonchev–Trinajstić information content (AvgIpc) is 2.91. The minimum Gasteiger partial charge on any atom is -0.403 e. The Balaban J connectivity index is 2.08. The number of hydrogen-bond acceptors (Lipinski definition) is 2. The molecule has 0 N–H and O–H groups in total. The number of benzene rings is 1. The molecule has 1 aliphatic rings. The SMILES string of the molecule is C[Si](C)(OC(C=O)[C]1[CH][CH][CH][CH]1)c1ccccc1. The maximum Gasteiger partial charge on any atom is 0.219 e. The molecule has 2 nitrogen and oxygen atoms in total. The van der Waals surface area contributed by atoms with Crippen LogP contribution in [0.4, 0.5) is 0 Å². The first-order chi connectivity index (χ1) is 8.63. The van der Waals surface area contributed by atoms with E-state index in [1.165, 1.54) is 5.19 Å². The van der Waals surface area contributed by atoms with Gasteiger partial charge in [-0.25, -0.2) is 0 Å².